The Kier molecular flexibility index (Phi) is 4.04. The van der Waals surface area contributed by atoms with Gasteiger partial charge in [0.1, 0.15) is 5.75 Å². The van der Waals surface area contributed by atoms with Crippen molar-refractivity contribution in [1.29, 1.82) is 0 Å². The average Bonchev–Trinajstić information content (AvgIpc) is 2.77. The zero-order valence-corrected chi connectivity index (χ0v) is 10.6. The lowest BCUT2D eigenvalue weighted by molar-refractivity contribution is 0.415. The molecule has 2 aromatic rings. The van der Waals surface area contributed by atoms with Crippen molar-refractivity contribution in [2.45, 2.75) is 19.9 Å². The van der Waals surface area contributed by atoms with Crippen LogP contribution in [-0.4, -0.2) is 24.8 Å². The number of hydrogen-bond donors (Lipinski definition) is 1. The molecular weight excluding hydrogens is 212 g/mol. The zero-order chi connectivity index (χ0) is 12.1. The van der Waals surface area contributed by atoms with Crippen LogP contribution in [0.1, 0.15) is 13.3 Å². The number of nitrogens with one attached hydrogen (secondary N) is 1. The molecule has 0 spiro atoms. The van der Waals surface area contributed by atoms with Crippen LogP contribution in [0.15, 0.2) is 30.5 Å². The number of nitrogens with zero attached hydrogens (tertiary/aromatic N) is 1. The molecule has 1 N–H and O–H groups in total. The van der Waals surface area contributed by atoms with Crippen molar-refractivity contribution in [1.82, 2.24) is 9.88 Å². The van der Waals surface area contributed by atoms with Gasteiger partial charge in [0.2, 0.25) is 0 Å². The van der Waals surface area contributed by atoms with Crippen LogP contribution < -0.4 is 10.1 Å². The van der Waals surface area contributed by atoms with Gasteiger partial charge in [-0.2, -0.15) is 0 Å². The van der Waals surface area contributed by atoms with E-state index in [-0.39, 0.29) is 0 Å². The minimum atomic E-state index is 0.916. The van der Waals surface area contributed by atoms with Crippen LogP contribution in [0.3, 0.4) is 0 Å². The van der Waals surface area contributed by atoms with E-state index in [4.69, 9.17) is 4.74 Å². The summed E-state index contributed by atoms with van der Waals surface area (Å²) < 4.78 is 7.50. The Bertz CT molecular complexity index is 476. The molecule has 2 rings (SSSR count). The minimum absolute atomic E-state index is 0.916. The van der Waals surface area contributed by atoms with E-state index in [1.54, 1.807) is 7.11 Å². The second kappa shape index (κ2) is 5.73. The van der Waals surface area contributed by atoms with Crippen LogP contribution in [0.4, 0.5) is 0 Å². The number of hydrogen-bond acceptors (Lipinski definition) is 2. The molecule has 0 aliphatic carbocycles. The first kappa shape index (κ1) is 12.0. The van der Waals surface area contributed by atoms with Crippen molar-refractivity contribution in [2.24, 2.45) is 0 Å². The number of aromatic nitrogens is 1. The van der Waals surface area contributed by atoms with Crippen molar-refractivity contribution in [3.63, 3.8) is 0 Å². The van der Waals surface area contributed by atoms with Crippen molar-refractivity contribution in [3.8, 4) is 5.75 Å². The van der Waals surface area contributed by atoms with Crippen molar-refractivity contribution in [3.05, 3.63) is 30.5 Å². The summed E-state index contributed by atoms with van der Waals surface area (Å²) in [6.45, 7) is 5.30. The molecule has 0 atom stereocenters. The van der Waals surface area contributed by atoms with Gasteiger partial charge in [-0.25, -0.2) is 0 Å². The van der Waals surface area contributed by atoms with Gasteiger partial charge in [-0.15, -0.1) is 0 Å². The Labute approximate surface area is 102 Å². The van der Waals surface area contributed by atoms with Gasteiger partial charge in [-0.1, -0.05) is 6.92 Å². The molecule has 0 bridgehead atoms. The van der Waals surface area contributed by atoms with Gasteiger partial charge in [0, 0.05) is 30.2 Å². The Morgan fingerprint density at radius 3 is 2.88 bits per heavy atom. The molecule has 17 heavy (non-hydrogen) atoms. The topological polar surface area (TPSA) is 26.2 Å². The third kappa shape index (κ3) is 2.80. The van der Waals surface area contributed by atoms with Crippen LogP contribution in [0, 0.1) is 0 Å². The van der Waals surface area contributed by atoms with E-state index in [9.17, 15) is 0 Å². The molecule has 0 saturated carbocycles. The van der Waals surface area contributed by atoms with E-state index in [2.05, 4.69) is 41.2 Å². The monoisotopic (exact) mass is 232 g/mol. The van der Waals surface area contributed by atoms with Crippen LogP contribution in [0.25, 0.3) is 10.9 Å². The van der Waals surface area contributed by atoms with Crippen LogP contribution in [0.5, 0.6) is 5.75 Å². The smallest absolute Gasteiger partial charge is 0.119 e. The summed E-state index contributed by atoms with van der Waals surface area (Å²) in [6, 6.07) is 8.34. The first-order chi connectivity index (χ1) is 8.35. The maximum Gasteiger partial charge on any atom is 0.119 e. The average molecular weight is 232 g/mol. The van der Waals surface area contributed by atoms with Crippen LogP contribution in [-0.2, 0) is 6.54 Å². The molecular formula is C14H20N2O. The highest BCUT2D eigenvalue weighted by Gasteiger charge is 2.01. The Morgan fingerprint density at radius 1 is 1.24 bits per heavy atom. The van der Waals surface area contributed by atoms with Crippen LogP contribution in [0.2, 0.25) is 0 Å². The molecule has 3 heteroatoms. The minimum Gasteiger partial charge on any atom is -0.497 e. The number of fused-ring (bicyclic) bond motifs is 1. The molecule has 0 unspecified atom stereocenters. The lowest BCUT2D eigenvalue weighted by Crippen LogP contribution is -2.20. The normalized spacial score (nSPS) is 10.9. The van der Waals surface area contributed by atoms with Gasteiger partial charge in [0.05, 0.1) is 7.11 Å². The first-order valence-electron chi connectivity index (χ1n) is 6.18. The maximum absolute atomic E-state index is 5.22. The quantitative estimate of drug-likeness (QED) is 0.775. The van der Waals surface area contributed by atoms with E-state index < -0.39 is 0 Å². The third-order valence-corrected chi connectivity index (χ3v) is 2.93. The van der Waals surface area contributed by atoms with E-state index >= 15 is 0 Å². The summed E-state index contributed by atoms with van der Waals surface area (Å²) in [5.74, 6) is 0.916. The van der Waals surface area contributed by atoms with E-state index in [0.717, 1.165) is 25.4 Å². The van der Waals surface area contributed by atoms with Gasteiger partial charge < -0.3 is 14.6 Å². The molecule has 1 aromatic heterocycles. The highest BCUT2D eigenvalue weighted by atomic mass is 16.5. The second-order valence-corrected chi connectivity index (χ2v) is 4.18. The summed E-state index contributed by atoms with van der Waals surface area (Å²) in [5.41, 5.74) is 1.27. The van der Waals surface area contributed by atoms with E-state index in [0.29, 0.717) is 0 Å². The van der Waals surface area contributed by atoms with Crippen LogP contribution >= 0.6 is 0 Å². The number of rotatable bonds is 6. The van der Waals surface area contributed by atoms with Gasteiger partial charge in [0.15, 0.2) is 0 Å². The Balaban J connectivity index is 2.08. The predicted molar refractivity (Wildman–Crippen MR) is 71.7 cm³/mol. The summed E-state index contributed by atoms with van der Waals surface area (Å²) >= 11 is 0. The summed E-state index contributed by atoms with van der Waals surface area (Å²) in [6.07, 6.45) is 3.32. The van der Waals surface area contributed by atoms with Gasteiger partial charge in [0.25, 0.3) is 0 Å². The third-order valence-electron chi connectivity index (χ3n) is 2.93. The lowest BCUT2D eigenvalue weighted by Gasteiger charge is -2.07. The number of methoxy groups -OCH3 is 1. The summed E-state index contributed by atoms with van der Waals surface area (Å²) in [5, 5.41) is 4.65. The maximum atomic E-state index is 5.22. The Morgan fingerprint density at radius 2 is 2.12 bits per heavy atom. The number of benzene rings is 1. The zero-order valence-electron chi connectivity index (χ0n) is 10.6. The fraction of sp³-hybridized carbons (Fsp3) is 0.429. The molecule has 0 saturated heterocycles. The highest BCUT2D eigenvalue weighted by molar-refractivity contribution is 5.81. The standard InChI is InChI=1S/C14H20N2O/c1-3-7-15-8-10-16-9-6-12-11-13(17-2)4-5-14(12)16/h4-6,9,11,15H,3,7-8,10H2,1-2H3. The second-order valence-electron chi connectivity index (χ2n) is 4.18. The SMILES string of the molecule is CCCNCCn1ccc2cc(OC)ccc21. The van der Waals surface area contributed by atoms with E-state index in [1.165, 1.54) is 17.3 Å². The fourth-order valence-electron chi connectivity index (χ4n) is 2.00. The van der Waals surface area contributed by atoms with Gasteiger partial charge in [-0.3, -0.25) is 0 Å². The van der Waals surface area contributed by atoms with E-state index in [1.807, 2.05) is 6.07 Å². The molecule has 1 heterocycles. The summed E-state index contributed by atoms with van der Waals surface area (Å²) in [7, 11) is 1.70. The van der Waals surface area contributed by atoms with Gasteiger partial charge >= 0.3 is 0 Å². The highest BCUT2D eigenvalue weighted by Crippen LogP contribution is 2.21. The molecule has 3 nitrogen and oxygen atoms in total. The van der Waals surface area contributed by atoms with Crippen molar-refractivity contribution < 1.29 is 4.74 Å². The molecule has 1 aromatic carbocycles. The molecule has 0 radical (unpaired) electrons. The molecule has 0 fully saturated rings. The summed E-state index contributed by atoms with van der Waals surface area (Å²) in [4.78, 5) is 0. The lowest BCUT2D eigenvalue weighted by atomic mass is 10.2. The predicted octanol–water partition coefficient (Wildman–Crippen LogP) is 2.65. The Hall–Kier alpha value is -1.48. The number of ether oxygens (including phenoxy) is 1. The molecule has 0 amide bonds. The largest absolute Gasteiger partial charge is 0.497 e. The molecule has 92 valence electrons. The van der Waals surface area contributed by atoms with Gasteiger partial charge in [-0.05, 0) is 37.2 Å². The van der Waals surface area contributed by atoms with Crippen molar-refractivity contribution in [2.75, 3.05) is 20.2 Å². The van der Waals surface area contributed by atoms with Crippen molar-refractivity contribution >= 4 is 10.9 Å². The molecule has 0 aliphatic heterocycles. The molecule has 0 aliphatic rings. The first-order valence-corrected chi connectivity index (χ1v) is 6.18. The fourth-order valence-corrected chi connectivity index (χ4v) is 2.00.